The van der Waals surface area contributed by atoms with Gasteiger partial charge < -0.3 is 14.7 Å². The molecule has 1 rings (SSSR count). The molecule has 96 valence electrons. The van der Waals surface area contributed by atoms with E-state index in [2.05, 4.69) is 0 Å². The van der Waals surface area contributed by atoms with Crippen molar-refractivity contribution in [3.63, 3.8) is 0 Å². The summed E-state index contributed by atoms with van der Waals surface area (Å²) >= 11 is 0. The molecule has 1 saturated heterocycles. The van der Waals surface area contributed by atoms with Gasteiger partial charge in [-0.1, -0.05) is 0 Å². The summed E-state index contributed by atoms with van der Waals surface area (Å²) in [7, 11) is 1.60. The molecule has 1 aliphatic heterocycles. The molecule has 0 amide bonds. The zero-order valence-electron chi connectivity index (χ0n) is 9.33. The summed E-state index contributed by atoms with van der Waals surface area (Å²) < 4.78 is 41.4. The van der Waals surface area contributed by atoms with E-state index >= 15 is 0 Å². The van der Waals surface area contributed by atoms with Gasteiger partial charge in [0.2, 0.25) is 0 Å². The molecule has 0 aromatic heterocycles. The molecule has 0 aromatic carbocycles. The van der Waals surface area contributed by atoms with E-state index in [1.807, 2.05) is 0 Å². The van der Waals surface area contributed by atoms with Crippen LogP contribution in [0.15, 0.2) is 0 Å². The zero-order chi connectivity index (χ0) is 12.2. The van der Waals surface area contributed by atoms with Crippen LogP contribution in [0.2, 0.25) is 0 Å². The predicted molar refractivity (Wildman–Crippen MR) is 53.1 cm³/mol. The molecule has 1 heterocycles. The number of rotatable bonds is 4. The molecule has 0 aliphatic carbocycles. The van der Waals surface area contributed by atoms with E-state index in [4.69, 9.17) is 9.84 Å². The normalized spacial score (nSPS) is 21.4. The van der Waals surface area contributed by atoms with Crippen LogP contribution in [0, 0.1) is 5.92 Å². The molecule has 6 heteroatoms. The highest BCUT2D eigenvalue weighted by Crippen LogP contribution is 2.21. The van der Waals surface area contributed by atoms with E-state index in [-0.39, 0.29) is 6.54 Å². The fraction of sp³-hybridized carbons (Fsp3) is 1.00. The van der Waals surface area contributed by atoms with Crippen molar-refractivity contribution in [3.8, 4) is 0 Å². The van der Waals surface area contributed by atoms with Crippen molar-refractivity contribution >= 4 is 0 Å². The van der Waals surface area contributed by atoms with Crippen LogP contribution in [0.3, 0.4) is 0 Å². The monoisotopic (exact) mass is 241 g/mol. The highest BCUT2D eigenvalue weighted by molar-refractivity contribution is 4.72. The Bertz CT molecular complexity index is 205. The van der Waals surface area contributed by atoms with Crippen molar-refractivity contribution < 1.29 is 23.0 Å². The number of alkyl halides is 3. The Hall–Kier alpha value is -0.330. The van der Waals surface area contributed by atoms with Crippen molar-refractivity contribution in [1.82, 2.24) is 4.90 Å². The van der Waals surface area contributed by atoms with Gasteiger partial charge in [0.05, 0.1) is 0 Å². The lowest BCUT2D eigenvalue weighted by molar-refractivity contribution is -0.207. The molecule has 1 unspecified atom stereocenters. The van der Waals surface area contributed by atoms with Gasteiger partial charge in [-0.3, -0.25) is 0 Å². The average molecular weight is 241 g/mol. The van der Waals surface area contributed by atoms with Crippen LogP contribution < -0.4 is 0 Å². The van der Waals surface area contributed by atoms with E-state index in [0.717, 1.165) is 12.8 Å². The lowest BCUT2D eigenvalue weighted by Crippen LogP contribution is -2.41. The van der Waals surface area contributed by atoms with Crippen LogP contribution in [0.5, 0.6) is 0 Å². The van der Waals surface area contributed by atoms with Crippen LogP contribution in [0.4, 0.5) is 13.2 Å². The van der Waals surface area contributed by atoms with Crippen molar-refractivity contribution in [2.24, 2.45) is 5.92 Å². The summed E-state index contributed by atoms with van der Waals surface area (Å²) in [6, 6.07) is 0. The molecule has 3 nitrogen and oxygen atoms in total. The van der Waals surface area contributed by atoms with Crippen LogP contribution in [0.25, 0.3) is 0 Å². The maximum Gasteiger partial charge on any atom is 0.415 e. The van der Waals surface area contributed by atoms with Crippen molar-refractivity contribution in [2.45, 2.75) is 25.1 Å². The predicted octanol–water partition coefficient (Wildman–Crippen LogP) is 1.27. The minimum absolute atomic E-state index is 0.360. The Kier molecular flexibility index (Phi) is 5.01. The number of aliphatic hydroxyl groups is 1. The number of hydrogen-bond acceptors (Lipinski definition) is 3. The van der Waals surface area contributed by atoms with Crippen molar-refractivity contribution in [3.05, 3.63) is 0 Å². The van der Waals surface area contributed by atoms with Gasteiger partial charge in [-0.15, -0.1) is 0 Å². The van der Waals surface area contributed by atoms with Gasteiger partial charge >= 0.3 is 6.18 Å². The van der Waals surface area contributed by atoms with Crippen LogP contribution in [0.1, 0.15) is 12.8 Å². The summed E-state index contributed by atoms with van der Waals surface area (Å²) in [4.78, 5) is 1.54. The van der Waals surface area contributed by atoms with E-state index in [1.165, 1.54) is 4.90 Å². The second-order valence-electron chi connectivity index (χ2n) is 4.33. The molecule has 0 saturated carbocycles. The number of aliphatic hydroxyl groups excluding tert-OH is 1. The smallest absolute Gasteiger partial charge is 0.382 e. The van der Waals surface area contributed by atoms with Gasteiger partial charge in [0.25, 0.3) is 0 Å². The first-order valence-corrected chi connectivity index (χ1v) is 5.40. The van der Waals surface area contributed by atoms with E-state index in [0.29, 0.717) is 25.7 Å². The van der Waals surface area contributed by atoms with E-state index < -0.39 is 12.3 Å². The Balaban J connectivity index is 2.26. The maximum atomic E-state index is 12.1. The molecule has 0 spiro atoms. The van der Waals surface area contributed by atoms with Crippen LogP contribution >= 0.6 is 0 Å². The first kappa shape index (κ1) is 13.7. The molecule has 1 aliphatic rings. The molecule has 1 N–H and O–H groups in total. The van der Waals surface area contributed by atoms with Gasteiger partial charge in [-0.25, -0.2) is 0 Å². The highest BCUT2D eigenvalue weighted by atomic mass is 19.4. The summed E-state index contributed by atoms with van der Waals surface area (Å²) in [6.45, 7) is 1.58. The highest BCUT2D eigenvalue weighted by Gasteiger charge is 2.38. The molecule has 0 radical (unpaired) electrons. The van der Waals surface area contributed by atoms with Crippen LogP contribution in [-0.2, 0) is 4.74 Å². The number of likely N-dealkylation sites (N-methyl/N-ethyl adjacent to an activating group) is 1. The Labute approximate surface area is 93.2 Å². The zero-order valence-corrected chi connectivity index (χ0v) is 9.33. The molecule has 1 fully saturated rings. The fourth-order valence-electron chi connectivity index (χ4n) is 1.84. The van der Waals surface area contributed by atoms with Crippen LogP contribution in [-0.4, -0.2) is 55.6 Å². The first-order valence-electron chi connectivity index (χ1n) is 5.40. The standard InChI is InChI=1S/C10H18F3NO2/c1-14(7-9(15)10(11,12)13)6-8-2-4-16-5-3-8/h8-9,15H,2-7H2,1H3. The summed E-state index contributed by atoms with van der Waals surface area (Å²) in [5, 5.41) is 8.89. The fourth-order valence-corrected chi connectivity index (χ4v) is 1.84. The number of nitrogens with zero attached hydrogens (tertiary/aromatic N) is 1. The van der Waals surface area contributed by atoms with Gasteiger partial charge in [0.1, 0.15) is 0 Å². The van der Waals surface area contributed by atoms with Crippen molar-refractivity contribution in [1.29, 1.82) is 0 Å². The molecule has 1 atom stereocenters. The summed E-state index contributed by atoms with van der Waals surface area (Å²) in [6.07, 6.45) is -5.01. The number of hydrogen-bond donors (Lipinski definition) is 1. The second kappa shape index (κ2) is 5.84. The van der Waals surface area contributed by atoms with Gasteiger partial charge in [-0.05, 0) is 25.8 Å². The minimum Gasteiger partial charge on any atom is -0.382 e. The Morgan fingerprint density at radius 2 is 1.94 bits per heavy atom. The van der Waals surface area contributed by atoms with E-state index in [9.17, 15) is 13.2 Å². The third-order valence-corrected chi connectivity index (χ3v) is 2.77. The largest absolute Gasteiger partial charge is 0.415 e. The third kappa shape index (κ3) is 4.67. The third-order valence-electron chi connectivity index (χ3n) is 2.77. The van der Waals surface area contributed by atoms with Gasteiger partial charge in [-0.2, -0.15) is 13.2 Å². The molecule has 0 bridgehead atoms. The molecule has 0 aromatic rings. The SMILES string of the molecule is CN(CC1CCOCC1)CC(O)C(F)(F)F. The summed E-state index contributed by atoms with van der Waals surface area (Å²) in [5.74, 6) is 0.374. The van der Waals surface area contributed by atoms with E-state index in [1.54, 1.807) is 7.05 Å². The lowest BCUT2D eigenvalue weighted by Gasteiger charge is -2.28. The van der Waals surface area contributed by atoms with Gasteiger partial charge in [0, 0.05) is 26.3 Å². The van der Waals surface area contributed by atoms with Crippen molar-refractivity contribution in [2.75, 3.05) is 33.4 Å². The summed E-state index contributed by atoms with van der Waals surface area (Å²) in [5.41, 5.74) is 0. The topological polar surface area (TPSA) is 32.7 Å². The lowest BCUT2D eigenvalue weighted by atomic mass is 10.00. The molecular formula is C10H18F3NO2. The maximum absolute atomic E-state index is 12.1. The molecular weight excluding hydrogens is 223 g/mol. The Morgan fingerprint density at radius 1 is 1.38 bits per heavy atom. The number of ether oxygens (including phenoxy) is 1. The van der Waals surface area contributed by atoms with Gasteiger partial charge in [0.15, 0.2) is 6.10 Å². The first-order chi connectivity index (χ1) is 7.39. The number of halogens is 3. The quantitative estimate of drug-likeness (QED) is 0.804. The minimum atomic E-state index is -4.52. The molecule has 16 heavy (non-hydrogen) atoms. The second-order valence-corrected chi connectivity index (χ2v) is 4.33. The average Bonchev–Trinajstić information content (AvgIpc) is 2.17. The Morgan fingerprint density at radius 3 is 2.44 bits per heavy atom.